The predicted molar refractivity (Wildman–Crippen MR) is 72.3 cm³/mol. The number of hydrogen-bond donors (Lipinski definition) is 2. The first kappa shape index (κ1) is 15.2. The van der Waals surface area contributed by atoms with E-state index >= 15 is 0 Å². The lowest BCUT2D eigenvalue weighted by Gasteiger charge is -2.39. The number of hydrogen-bond acceptors (Lipinski definition) is 3. The molecule has 4 atom stereocenters. The number of allylic oxidation sites excluding steroid dienone is 1. The second-order valence-electron chi connectivity index (χ2n) is 5.80. The summed E-state index contributed by atoms with van der Waals surface area (Å²) >= 11 is 0. The predicted octanol–water partition coefficient (Wildman–Crippen LogP) is 3.09. The van der Waals surface area contributed by atoms with Gasteiger partial charge in [0.1, 0.15) is 5.78 Å². The Kier molecular flexibility index (Phi) is 5.86. The summed E-state index contributed by atoms with van der Waals surface area (Å²) in [7, 11) is 0. The minimum Gasteiger partial charge on any atom is -0.516 e. The molecular formula is C15H26O3. The lowest BCUT2D eigenvalue weighted by molar-refractivity contribution is -0.117. The number of rotatable bonds is 5. The van der Waals surface area contributed by atoms with Gasteiger partial charge in [0, 0.05) is 13.0 Å². The number of carbonyl (C=O) groups is 1. The topological polar surface area (TPSA) is 57.5 Å². The fourth-order valence-electron chi connectivity index (χ4n) is 3.16. The van der Waals surface area contributed by atoms with Crippen LogP contribution in [0.25, 0.3) is 0 Å². The van der Waals surface area contributed by atoms with Gasteiger partial charge in [-0.05, 0) is 55.4 Å². The second-order valence-corrected chi connectivity index (χ2v) is 5.80. The van der Waals surface area contributed by atoms with Gasteiger partial charge in [-0.2, -0.15) is 0 Å². The van der Waals surface area contributed by atoms with Gasteiger partial charge in [-0.1, -0.05) is 13.8 Å². The third kappa shape index (κ3) is 3.58. The monoisotopic (exact) mass is 254 g/mol. The molecule has 3 nitrogen and oxygen atoms in total. The highest BCUT2D eigenvalue weighted by atomic mass is 16.3. The van der Waals surface area contributed by atoms with Gasteiger partial charge in [0.25, 0.3) is 0 Å². The molecule has 0 heterocycles. The van der Waals surface area contributed by atoms with Gasteiger partial charge in [0.05, 0.1) is 6.26 Å². The molecule has 1 rings (SSSR count). The van der Waals surface area contributed by atoms with Gasteiger partial charge in [0.2, 0.25) is 0 Å². The van der Waals surface area contributed by atoms with E-state index in [0.717, 1.165) is 24.8 Å². The van der Waals surface area contributed by atoms with E-state index in [1.54, 1.807) is 6.92 Å². The molecule has 1 aliphatic carbocycles. The molecular weight excluding hydrogens is 228 g/mol. The van der Waals surface area contributed by atoms with Crippen LogP contribution in [0.1, 0.15) is 46.5 Å². The summed E-state index contributed by atoms with van der Waals surface area (Å²) in [6.07, 6.45) is 4.75. The van der Waals surface area contributed by atoms with E-state index in [4.69, 9.17) is 0 Å². The van der Waals surface area contributed by atoms with Gasteiger partial charge >= 0.3 is 0 Å². The van der Waals surface area contributed by atoms with Crippen LogP contribution in [0.5, 0.6) is 0 Å². The first-order chi connectivity index (χ1) is 8.51. The highest BCUT2D eigenvalue weighted by molar-refractivity contribution is 5.75. The molecule has 1 saturated carbocycles. The maximum Gasteiger partial charge on any atom is 0.129 e. The van der Waals surface area contributed by atoms with E-state index in [1.807, 2.05) is 6.92 Å². The molecule has 0 spiro atoms. The molecule has 2 N–H and O–H groups in total. The first-order valence-electron chi connectivity index (χ1n) is 6.95. The fourth-order valence-corrected chi connectivity index (χ4v) is 3.16. The molecule has 3 heteroatoms. The molecule has 0 aromatic rings. The third-order valence-electron chi connectivity index (χ3n) is 4.41. The van der Waals surface area contributed by atoms with Crippen LogP contribution >= 0.6 is 0 Å². The van der Waals surface area contributed by atoms with Gasteiger partial charge in [-0.15, -0.1) is 0 Å². The molecule has 0 aromatic heterocycles. The molecule has 0 radical (unpaired) electrons. The minimum absolute atomic E-state index is 0.149. The van der Waals surface area contributed by atoms with Crippen LogP contribution < -0.4 is 0 Å². The Labute approximate surface area is 110 Å². The minimum atomic E-state index is 0.149. The van der Waals surface area contributed by atoms with E-state index in [2.05, 4.69) is 6.92 Å². The Morgan fingerprint density at radius 3 is 2.67 bits per heavy atom. The SMILES string of the molecule is CC(=O)CC[C@@H]1/C(=C/O)[C@H]([C@@H](C)CO)CC[C@H]1C. The maximum atomic E-state index is 11.1. The van der Waals surface area contributed by atoms with Crippen LogP contribution in [-0.2, 0) is 4.79 Å². The van der Waals surface area contributed by atoms with E-state index in [0.29, 0.717) is 12.3 Å². The molecule has 0 amide bonds. The van der Waals surface area contributed by atoms with E-state index in [-0.39, 0.29) is 30.1 Å². The van der Waals surface area contributed by atoms with Crippen molar-refractivity contribution in [1.29, 1.82) is 0 Å². The Morgan fingerprint density at radius 2 is 2.17 bits per heavy atom. The van der Waals surface area contributed by atoms with Crippen LogP contribution in [-0.4, -0.2) is 22.6 Å². The Morgan fingerprint density at radius 1 is 1.50 bits per heavy atom. The maximum absolute atomic E-state index is 11.1. The van der Waals surface area contributed by atoms with Crippen LogP contribution in [0, 0.1) is 23.7 Å². The summed E-state index contributed by atoms with van der Waals surface area (Å²) in [5.74, 6) is 1.43. The Hall–Kier alpha value is -0.830. The van der Waals surface area contributed by atoms with Crippen molar-refractivity contribution in [3.05, 3.63) is 11.8 Å². The molecule has 0 aliphatic heterocycles. The van der Waals surface area contributed by atoms with Crippen LogP contribution in [0.15, 0.2) is 11.8 Å². The van der Waals surface area contributed by atoms with Crippen LogP contribution in [0.4, 0.5) is 0 Å². The summed E-state index contributed by atoms with van der Waals surface area (Å²) < 4.78 is 0. The zero-order chi connectivity index (χ0) is 13.7. The highest BCUT2D eigenvalue weighted by Crippen LogP contribution is 2.43. The van der Waals surface area contributed by atoms with Crippen molar-refractivity contribution < 1.29 is 15.0 Å². The highest BCUT2D eigenvalue weighted by Gasteiger charge is 2.35. The molecule has 0 unspecified atom stereocenters. The van der Waals surface area contributed by atoms with E-state index < -0.39 is 0 Å². The number of aliphatic hydroxyl groups excluding tert-OH is 2. The van der Waals surface area contributed by atoms with Crippen molar-refractivity contribution in [2.24, 2.45) is 23.7 Å². The van der Waals surface area contributed by atoms with Crippen molar-refractivity contribution in [2.45, 2.75) is 46.5 Å². The number of carbonyl (C=O) groups excluding carboxylic acids is 1. The average Bonchev–Trinajstić information content (AvgIpc) is 2.35. The van der Waals surface area contributed by atoms with Crippen LogP contribution in [0.2, 0.25) is 0 Å². The molecule has 1 fully saturated rings. The standard InChI is InChI=1S/C15H26O3/c1-10-4-6-14(11(2)8-16)15(9-17)13(10)7-5-12(3)18/h9-11,13-14,16-17H,4-8H2,1-3H3/b15-9-/t10-,11+,13+,14+/m1/s1. The van der Waals surface area contributed by atoms with Gasteiger partial charge < -0.3 is 15.0 Å². The largest absolute Gasteiger partial charge is 0.516 e. The van der Waals surface area contributed by atoms with Gasteiger partial charge in [-0.25, -0.2) is 0 Å². The quantitative estimate of drug-likeness (QED) is 0.741. The number of Topliss-reactive ketones (excluding diaryl/α,β-unsaturated/α-hetero) is 1. The van der Waals surface area contributed by atoms with Crippen LogP contribution in [0.3, 0.4) is 0 Å². The van der Waals surface area contributed by atoms with E-state index in [1.165, 1.54) is 6.26 Å². The zero-order valence-corrected chi connectivity index (χ0v) is 11.7. The molecule has 1 aliphatic rings. The summed E-state index contributed by atoms with van der Waals surface area (Å²) in [6.45, 7) is 5.97. The lowest BCUT2D eigenvalue weighted by Crippen LogP contribution is -2.31. The van der Waals surface area contributed by atoms with E-state index in [9.17, 15) is 15.0 Å². The number of aliphatic hydroxyl groups is 2. The fraction of sp³-hybridized carbons (Fsp3) is 0.800. The number of ketones is 1. The normalized spacial score (nSPS) is 32.4. The summed E-state index contributed by atoms with van der Waals surface area (Å²) in [6, 6.07) is 0. The van der Waals surface area contributed by atoms with Crippen molar-refractivity contribution in [2.75, 3.05) is 6.61 Å². The zero-order valence-electron chi connectivity index (χ0n) is 11.7. The molecule has 0 aromatic carbocycles. The van der Waals surface area contributed by atoms with Crippen molar-refractivity contribution in [3.63, 3.8) is 0 Å². The molecule has 0 bridgehead atoms. The van der Waals surface area contributed by atoms with Crippen molar-refractivity contribution >= 4 is 5.78 Å². The van der Waals surface area contributed by atoms with Gasteiger partial charge in [0.15, 0.2) is 0 Å². The van der Waals surface area contributed by atoms with Crippen molar-refractivity contribution in [1.82, 2.24) is 0 Å². The summed E-state index contributed by atoms with van der Waals surface area (Å²) in [5, 5.41) is 18.8. The van der Waals surface area contributed by atoms with Gasteiger partial charge in [-0.3, -0.25) is 0 Å². The third-order valence-corrected chi connectivity index (χ3v) is 4.41. The lowest BCUT2D eigenvalue weighted by atomic mass is 9.66. The molecule has 18 heavy (non-hydrogen) atoms. The summed E-state index contributed by atoms with van der Waals surface area (Å²) in [5.41, 5.74) is 1.04. The second kappa shape index (κ2) is 6.93. The Bertz CT molecular complexity index is 309. The summed E-state index contributed by atoms with van der Waals surface area (Å²) in [4.78, 5) is 11.1. The average molecular weight is 254 g/mol. The molecule has 0 saturated heterocycles. The Balaban J connectivity index is 2.80. The smallest absolute Gasteiger partial charge is 0.129 e. The molecule has 104 valence electrons. The van der Waals surface area contributed by atoms with Crippen molar-refractivity contribution in [3.8, 4) is 0 Å². The first-order valence-corrected chi connectivity index (χ1v) is 6.95.